The van der Waals surface area contributed by atoms with Gasteiger partial charge < -0.3 is 14.7 Å². The van der Waals surface area contributed by atoms with E-state index in [1.807, 2.05) is 0 Å². The standard InChI is InChI=1S/C21H23NO3/c1-22(2)11-5-8-18-17-7-4-3-6-16(17)14-25-20-10-9-15(12-19(18)20)13-21(23)24/h3-4,6-10,12H,5,11,13-14H2,1-2H3,(H,23,24)/b18-8-/i3D,4D,5D2,6D,7D,8D,11D2,13D2. The van der Waals surface area contributed by atoms with E-state index in [1.54, 1.807) is 0 Å². The van der Waals surface area contributed by atoms with Crippen molar-refractivity contribution in [1.29, 1.82) is 0 Å². The highest BCUT2D eigenvalue weighted by molar-refractivity contribution is 5.85. The van der Waals surface area contributed by atoms with Crippen molar-refractivity contribution in [3.05, 3.63) is 70.7 Å². The molecule has 1 heterocycles. The minimum absolute atomic E-state index is 0.0611. The monoisotopic (exact) mass is 348 g/mol. The Morgan fingerprint density at radius 1 is 1.40 bits per heavy atom. The maximum Gasteiger partial charge on any atom is 0.307 e. The molecule has 0 saturated carbocycles. The van der Waals surface area contributed by atoms with Gasteiger partial charge in [0.15, 0.2) is 0 Å². The predicted molar refractivity (Wildman–Crippen MR) is 98.8 cm³/mol. The third-order valence-corrected chi connectivity index (χ3v) is 3.35. The number of carboxylic acid groups (broad SMARTS) is 1. The number of fused-ring (bicyclic) bond motifs is 2. The molecule has 1 N–H and O–H groups in total. The highest BCUT2D eigenvalue weighted by Crippen LogP contribution is 2.37. The van der Waals surface area contributed by atoms with Crippen molar-refractivity contribution < 1.29 is 29.7 Å². The Balaban J connectivity index is 2.56. The lowest BCUT2D eigenvalue weighted by atomic mass is 9.92. The minimum atomic E-state index is -3.05. The number of rotatable bonds is 5. The van der Waals surface area contributed by atoms with Crippen molar-refractivity contribution in [2.45, 2.75) is 19.4 Å². The summed E-state index contributed by atoms with van der Waals surface area (Å²) in [5.41, 5.74) is -1.46. The molecule has 0 unspecified atom stereocenters. The van der Waals surface area contributed by atoms with Gasteiger partial charge >= 0.3 is 5.97 Å². The van der Waals surface area contributed by atoms with Gasteiger partial charge in [0.2, 0.25) is 0 Å². The van der Waals surface area contributed by atoms with Crippen LogP contribution in [0.2, 0.25) is 0 Å². The molecule has 0 spiro atoms. The second kappa shape index (κ2) is 7.53. The van der Waals surface area contributed by atoms with E-state index in [0.29, 0.717) is 0 Å². The van der Waals surface area contributed by atoms with Gasteiger partial charge in [-0.25, -0.2) is 0 Å². The molecule has 4 heteroatoms. The first-order valence-corrected chi connectivity index (χ1v) is 7.38. The molecule has 0 amide bonds. The van der Waals surface area contributed by atoms with Gasteiger partial charge in [-0.05, 0) is 54.9 Å². The normalized spacial score (nSPS) is 23.1. The molecule has 1 aliphatic heterocycles. The molecular formula is C21H23NO3. The lowest BCUT2D eigenvalue weighted by Crippen LogP contribution is -2.12. The maximum atomic E-state index is 11.5. The van der Waals surface area contributed by atoms with E-state index >= 15 is 0 Å². The van der Waals surface area contributed by atoms with Crippen molar-refractivity contribution >= 4 is 11.5 Å². The average Bonchev–Trinajstić information content (AvgIpc) is 2.97. The molecule has 0 aliphatic carbocycles. The Bertz CT molecular complexity index is 1290. The number of aliphatic carboxylic acids is 1. The molecule has 2 aromatic rings. The zero-order valence-corrected chi connectivity index (χ0v) is 13.7. The van der Waals surface area contributed by atoms with Crippen molar-refractivity contribution in [3.63, 3.8) is 0 Å². The van der Waals surface area contributed by atoms with Crippen LogP contribution in [0.3, 0.4) is 0 Å². The average molecular weight is 348 g/mol. The van der Waals surface area contributed by atoms with Gasteiger partial charge in [-0.3, -0.25) is 4.79 Å². The van der Waals surface area contributed by atoms with Crippen LogP contribution in [0.5, 0.6) is 5.75 Å². The van der Waals surface area contributed by atoms with Crippen LogP contribution in [0.25, 0.3) is 5.57 Å². The number of carbonyl (C=O) groups is 1. The maximum absolute atomic E-state index is 11.5. The van der Waals surface area contributed by atoms with Crippen LogP contribution in [0.4, 0.5) is 0 Å². The van der Waals surface area contributed by atoms with Crippen molar-refractivity contribution in [3.8, 4) is 5.75 Å². The molecule has 0 bridgehead atoms. The molecule has 1 aliphatic rings. The Labute approximate surface area is 163 Å². The van der Waals surface area contributed by atoms with Crippen molar-refractivity contribution in [1.82, 2.24) is 4.90 Å². The summed E-state index contributed by atoms with van der Waals surface area (Å²) < 4.78 is 96.9. The first-order chi connectivity index (χ1) is 16.4. The molecule has 2 aromatic carbocycles. The summed E-state index contributed by atoms with van der Waals surface area (Å²) in [6.07, 6.45) is -5.95. The van der Waals surface area contributed by atoms with Crippen LogP contribution in [0.1, 0.15) is 43.7 Å². The lowest BCUT2D eigenvalue weighted by molar-refractivity contribution is -0.136. The van der Waals surface area contributed by atoms with Crippen molar-refractivity contribution in [2.24, 2.45) is 0 Å². The minimum Gasteiger partial charge on any atom is -0.488 e. The summed E-state index contributed by atoms with van der Waals surface area (Å²) in [5.74, 6) is -1.87. The first kappa shape index (κ1) is 8.19. The largest absolute Gasteiger partial charge is 0.488 e. The number of benzene rings is 2. The summed E-state index contributed by atoms with van der Waals surface area (Å²) >= 11 is 0. The van der Waals surface area contributed by atoms with Crippen LogP contribution >= 0.6 is 0 Å². The highest BCUT2D eigenvalue weighted by Gasteiger charge is 2.19. The van der Waals surface area contributed by atoms with Gasteiger partial charge in [0.05, 0.1) is 13.2 Å². The van der Waals surface area contributed by atoms with Crippen LogP contribution in [0, 0.1) is 0 Å². The van der Waals surface area contributed by atoms with E-state index in [-0.39, 0.29) is 28.0 Å². The Morgan fingerprint density at radius 2 is 2.20 bits per heavy atom. The number of hydrogen-bond donors (Lipinski definition) is 1. The molecular weight excluding hydrogens is 314 g/mol. The third kappa shape index (κ3) is 4.09. The van der Waals surface area contributed by atoms with Crippen LogP contribution in [-0.4, -0.2) is 36.6 Å². The molecule has 0 saturated heterocycles. The molecule has 0 radical (unpaired) electrons. The summed E-state index contributed by atoms with van der Waals surface area (Å²) in [6.45, 7) is -3.17. The summed E-state index contributed by atoms with van der Waals surface area (Å²) in [4.78, 5) is 12.5. The number of nitrogens with zero attached hydrogens (tertiary/aromatic N) is 1. The topological polar surface area (TPSA) is 49.8 Å². The van der Waals surface area contributed by atoms with Crippen LogP contribution in [0.15, 0.2) is 48.4 Å². The second-order valence-electron chi connectivity index (χ2n) is 5.41. The van der Waals surface area contributed by atoms with Crippen LogP contribution < -0.4 is 4.74 Å². The fourth-order valence-corrected chi connectivity index (χ4v) is 2.33. The molecule has 3 rings (SSSR count). The van der Waals surface area contributed by atoms with E-state index in [4.69, 9.17) is 19.8 Å². The van der Waals surface area contributed by atoms with E-state index in [1.165, 1.54) is 20.2 Å². The fourth-order valence-electron chi connectivity index (χ4n) is 2.33. The molecule has 0 aromatic heterocycles. The van der Waals surface area contributed by atoms with E-state index < -0.39 is 67.6 Å². The third-order valence-electron chi connectivity index (χ3n) is 3.35. The molecule has 0 atom stereocenters. The first-order valence-electron chi connectivity index (χ1n) is 12.9. The Hall–Kier alpha value is -2.59. The molecule has 4 nitrogen and oxygen atoms in total. The zero-order chi connectivity index (χ0) is 27.5. The predicted octanol–water partition coefficient (Wildman–Crippen LogP) is 3.59. The number of carboxylic acids is 1. The second-order valence-corrected chi connectivity index (χ2v) is 5.41. The SMILES string of the molecule is [2H]/C(=C1/c2cc(C([2H])([2H])C(=O)O)ccc2OCc2c([2H])c([2H])c([2H])c([2H])c21)C([2H])([2H])C([2H])([2H])N(C)C. The summed E-state index contributed by atoms with van der Waals surface area (Å²) in [6, 6.07) is -0.0343. The zero-order valence-electron chi connectivity index (χ0n) is 24.7. The van der Waals surface area contributed by atoms with E-state index in [0.717, 1.165) is 17.0 Å². The van der Waals surface area contributed by atoms with E-state index in [2.05, 4.69) is 0 Å². The van der Waals surface area contributed by atoms with Gasteiger partial charge in [0.1, 0.15) is 12.4 Å². The molecule has 0 fully saturated rings. The Morgan fingerprint density at radius 3 is 2.96 bits per heavy atom. The summed E-state index contributed by atoms with van der Waals surface area (Å²) in [5, 5.41) is 9.36. The Kier molecular flexibility index (Phi) is 2.47. The van der Waals surface area contributed by atoms with Gasteiger partial charge in [-0.1, -0.05) is 36.3 Å². The quantitative estimate of drug-likeness (QED) is 0.897. The fraction of sp³-hybridized carbons (Fsp3) is 0.286. The molecule has 130 valence electrons. The lowest BCUT2D eigenvalue weighted by Gasteiger charge is -2.13. The smallest absolute Gasteiger partial charge is 0.307 e. The van der Waals surface area contributed by atoms with Crippen LogP contribution in [-0.2, 0) is 17.8 Å². The number of ether oxygens (including phenoxy) is 1. The van der Waals surface area contributed by atoms with Gasteiger partial charge in [-0.15, -0.1) is 0 Å². The number of hydrogen-bond acceptors (Lipinski definition) is 3. The summed E-state index contributed by atoms with van der Waals surface area (Å²) in [7, 11) is 2.53. The van der Waals surface area contributed by atoms with Gasteiger partial charge in [0.25, 0.3) is 0 Å². The molecule has 25 heavy (non-hydrogen) atoms. The van der Waals surface area contributed by atoms with Gasteiger partial charge in [-0.2, -0.15) is 0 Å². The van der Waals surface area contributed by atoms with Crippen molar-refractivity contribution in [2.75, 3.05) is 20.6 Å². The highest BCUT2D eigenvalue weighted by atomic mass is 16.5. The van der Waals surface area contributed by atoms with Gasteiger partial charge in [0, 0.05) is 20.3 Å². The van der Waals surface area contributed by atoms with E-state index in [9.17, 15) is 9.90 Å².